The number of nitrogens with zero attached hydrogens (tertiary/aromatic N) is 2. The van der Waals surface area contributed by atoms with Crippen molar-refractivity contribution in [1.29, 1.82) is 0 Å². The maximum Gasteiger partial charge on any atom is 0.245 e. The van der Waals surface area contributed by atoms with Crippen molar-refractivity contribution in [2.45, 2.75) is 12.8 Å². The SMILES string of the molecule is [O-][N+](=Nc1ccc2c(c1)Cc1ccccc1-2)c1ccc2c(c1)Cc1ccccc1-2. The topological polar surface area (TPSA) is 38.4 Å². The van der Waals surface area contributed by atoms with Crippen LogP contribution < -0.4 is 0 Å². The van der Waals surface area contributed by atoms with E-state index in [0.717, 1.165) is 17.7 Å². The fraction of sp³-hybridized carbons (Fsp3) is 0.0769. The molecule has 0 saturated carbocycles. The van der Waals surface area contributed by atoms with Crippen molar-refractivity contribution < 1.29 is 4.86 Å². The summed E-state index contributed by atoms with van der Waals surface area (Å²) in [6.45, 7) is 0. The molecule has 29 heavy (non-hydrogen) atoms. The Labute approximate surface area is 169 Å². The van der Waals surface area contributed by atoms with Crippen LogP contribution in [0.25, 0.3) is 22.3 Å². The fourth-order valence-corrected chi connectivity index (χ4v) is 4.61. The van der Waals surface area contributed by atoms with Crippen LogP contribution >= 0.6 is 0 Å². The molecule has 0 aromatic heterocycles. The average molecular weight is 374 g/mol. The second-order valence-electron chi connectivity index (χ2n) is 7.72. The van der Waals surface area contributed by atoms with Gasteiger partial charge in [0.25, 0.3) is 0 Å². The standard InChI is InChI=1S/C26H18N2O/c29-28(22-10-12-26-20(16-22)14-18-6-2-4-8-24(18)26)27-21-9-11-25-19(15-21)13-17-5-1-3-7-23(17)25/h1-12,15-16H,13-14H2. The van der Waals surface area contributed by atoms with Crippen molar-refractivity contribution in [2.24, 2.45) is 5.11 Å². The molecule has 0 fully saturated rings. The van der Waals surface area contributed by atoms with Crippen LogP contribution in [0.3, 0.4) is 0 Å². The van der Waals surface area contributed by atoms with E-state index >= 15 is 0 Å². The molecule has 0 spiro atoms. The summed E-state index contributed by atoms with van der Waals surface area (Å²) in [7, 11) is 0. The van der Waals surface area contributed by atoms with Crippen LogP contribution in [-0.4, -0.2) is 4.86 Å². The number of hydrogen-bond donors (Lipinski definition) is 0. The first kappa shape index (κ1) is 16.3. The molecule has 0 heterocycles. The van der Waals surface area contributed by atoms with Gasteiger partial charge in [0.2, 0.25) is 5.69 Å². The van der Waals surface area contributed by atoms with Crippen LogP contribution in [0.5, 0.6) is 0 Å². The molecule has 0 N–H and O–H groups in total. The van der Waals surface area contributed by atoms with Gasteiger partial charge in [0.05, 0.1) is 0 Å². The van der Waals surface area contributed by atoms with E-state index in [1.165, 1.54) is 44.5 Å². The van der Waals surface area contributed by atoms with Crippen LogP contribution in [0.1, 0.15) is 22.3 Å². The first-order valence-corrected chi connectivity index (χ1v) is 9.87. The number of fused-ring (bicyclic) bond motifs is 6. The van der Waals surface area contributed by atoms with Gasteiger partial charge in [-0.3, -0.25) is 0 Å². The molecular weight excluding hydrogens is 356 g/mol. The summed E-state index contributed by atoms with van der Waals surface area (Å²) < 4.78 is 0. The molecule has 4 aromatic carbocycles. The highest BCUT2D eigenvalue weighted by Gasteiger charge is 2.21. The van der Waals surface area contributed by atoms with Crippen molar-refractivity contribution in [3.05, 3.63) is 112 Å². The third kappa shape index (κ3) is 2.59. The lowest BCUT2D eigenvalue weighted by atomic mass is 10.1. The molecule has 138 valence electrons. The Morgan fingerprint density at radius 2 is 1.14 bits per heavy atom. The second kappa shape index (κ2) is 6.14. The van der Waals surface area contributed by atoms with Gasteiger partial charge < -0.3 is 5.21 Å². The molecule has 0 radical (unpaired) electrons. The first-order chi connectivity index (χ1) is 14.3. The molecule has 0 unspecified atom stereocenters. The quantitative estimate of drug-likeness (QED) is 0.188. The van der Waals surface area contributed by atoms with E-state index < -0.39 is 0 Å². The minimum atomic E-state index is 0.570. The molecule has 0 bridgehead atoms. The minimum Gasteiger partial charge on any atom is -0.594 e. The van der Waals surface area contributed by atoms with Crippen LogP contribution in [0.2, 0.25) is 0 Å². The van der Waals surface area contributed by atoms with Gasteiger partial charge in [0.15, 0.2) is 0 Å². The molecule has 0 saturated heterocycles. The fourth-order valence-electron chi connectivity index (χ4n) is 4.61. The smallest absolute Gasteiger partial charge is 0.245 e. The maximum absolute atomic E-state index is 12.8. The van der Waals surface area contributed by atoms with Crippen LogP contribution in [0.4, 0.5) is 11.4 Å². The normalized spacial score (nSPS) is 13.6. The number of hydrogen-bond acceptors (Lipinski definition) is 2. The number of rotatable bonds is 2. The predicted molar refractivity (Wildman–Crippen MR) is 115 cm³/mol. The highest BCUT2D eigenvalue weighted by atomic mass is 16.5. The van der Waals surface area contributed by atoms with Crippen LogP contribution in [0, 0.1) is 5.21 Å². The van der Waals surface area contributed by atoms with Crippen LogP contribution in [0.15, 0.2) is 90.0 Å². The summed E-state index contributed by atoms with van der Waals surface area (Å²) >= 11 is 0. The minimum absolute atomic E-state index is 0.570. The van der Waals surface area contributed by atoms with E-state index in [0.29, 0.717) is 11.4 Å². The Bertz CT molecular complexity index is 1320. The van der Waals surface area contributed by atoms with Gasteiger partial charge >= 0.3 is 0 Å². The Kier molecular flexibility index (Phi) is 3.44. The van der Waals surface area contributed by atoms with Crippen molar-refractivity contribution in [1.82, 2.24) is 0 Å². The van der Waals surface area contributed by atoms with E-state index in [4.69, 9.17) is 0 Å². The van der Waals surface area contributed by atoms with E-state index in [1.807, 2.05) is 30.3 Å². The van der Waals surface area contributed by atoms with Crippen molar-refractivity contribution in [3.63, 3.8) is 0 Å². The largest absolute Gasteiger partial charge is 0.594 e. The summed E-state index contributed by atoms with van der Waals surface area (Å²) in [5, 5.41) is 17.1. The lowest BCUT2D eigenvalue weighted by molar-refractivity contribution is -0.435. The molecule has 0 atom stereocenters. The first-order valence-electron chi connectivity index (χ1n) is 9.87. The summed E-state index contributed by atoms with van der Waals surface area (Å²) in [6.07, 6.45) is 1.76. The van der Waals surface area contributed by atoms with Gasteiger partial charge in [-0.05, 0) is 75.5 Å². The second-order valence-corrected chi connectivity index (χ2v) is 7.72. The molecule has 4 aromatic rings. The summed E-state index contributed by atoms with van der Waals surface area (Å²) in [5.74, 6) is 0. The van der Waals surface area contributed by atoms with Gasteiger partial charge in [-0.1, -0.05) is 59.5 Å². The van der Waals surface area contributed by atoms with Crippen LogP contribution in [-0.2, 0) is 12.8 Å². The maximum atomic E-state index is 12.8. The molecule has 2 aliphatic rings. The highest BCUT2D eigenvalue weighted by Crippen LogP contribution is 2.40. The summed E-state index contributed by atoms with van der Waals surface area (Å²) in [4.78, 5) is 0.743. The van der Waals surface area contributed by atoms with E-state index in [1.54, 1.807) is 0 Å². The van der Waals surface area contributed by atoms with Crippen molar-refractivity contribution in [3.8, 4) is 22.3 Å². The molecule has 2 aliphatic carbocycles. The Hall–Kier alpha value is -3.72. The zero-order chi connectivity index (χ0) is 19.4. The summed E-state index contributed by atoms with van der Waals surface area (Å²) in [5.41, 5.74) is 11.3. The Morgan fingerprint density at radius 3 is 1.83 bits per heavy atom. The van der Waals surface area contributed by atoms with Gasteiger partial charge in [-0.15, -0.1) is 0 Å². The lowest BCUT2D eigenvalue weighted by Crippen LogP contribution is -1.92. The zero-order valence-electron chi connectivity index (χ0n) is 15.8. The van der Waals surface area contributed by atoms with Gasteiger partial charge in [-0.25, -0.2) is 0 Å². The highest BCUT2D eigenvalue weighted by molar-refractivity contribution is 5.79. The van der Waals surface area contributed by atoms with Gasteiger partial charge in [0, 0.05) is 17.2 Å². The van der Waals surface area contributed by atoms with E-state index in [2.05, 4.69) is 59.7 Å². The van der Waals surface area contributed by atoms with Gasteiger partial charge in [0.1, 0.15) is 5.69 Å². The van der Waals surface area contributed by atoms with Crippen molar-refractivity contribution >= 4 is 11.4 Å². The molecule has 6 rings (SSSR count). The molecule has 3 heteroatoms. The molecule has 3 nitrogen and oxygen atoms in total. The Balaban J connectivity index is 1.33. The third-order valence-corrected chi connectivity index (χ3v) is 5.98. The van der Waals surface area contributed by atoms with Crippen molar-refractivity contribution in [2.75, 3.05) is 0 Å². The van der Waals surface area contributed by atoms with E-state index in [-0.39, 0.29) is 0 Å². The molecule has 0 amide bonds. The Morgan fingerprint density at radius 1 is 0.586 bits per heavy atom. The average Bonchev–Trinajstić information content (AvgIpc) is 3.30. The van der Waals surface area contributed by atoms with Gasteiger partial charge in [-0.2, -0.15) is 0 Å². The predicted octanol–water partition coefficient (Wildman–Crippen LogP) is 6.75. The monoisotopic (exact) mass is 374 g/mol. The number of azo groups is 1. The molecule has 0 aliphatic heterocycles. The zero-order valence-corrected chi connectivity index (χ0v) is 15.8. The third-order valence-electron chi connectivity index (χ3n) is 5.98. The summed E-state index contributed by atoms with van der Waals surface area (Å²) in [6, 6.07) is 28.8. The number of benzene rings is 4. The molecular formula is C26H18N2O. The van der Waals surface area contributed by atoms with E-state index in [9.17, 15) is 5.21 Å². The lowest BCUT2D eigenvalue weighted by Gasteiger charge is -2.04.